The van der Waals surface area contributed by atoms with Crippen LogP contribution in [0.2, 0.25) is 0 Å². The number of aliphatic hydroxyl groups excluding tert-OH is 1. The van der Waals surface area contributed by atoms with Crippen molar-refractivity contribution in [1.29, 1.82) is 0 Å². The van der Waals surface area contributed by atoms with Crippen LogP contribution in [-0.4, -0.2) is 44.2 Å². The van der Waals surface area contributed by atoms with Crippen LogP contribution in [0.5, 0.6) is 5.75 Å². The minimum absolute atomic E-state index is 0.179. The van der Waals surface area contributed by atoms with Crippen LogP contribution in [0.1, 0.15) is 6.92 Å². The summed E-state index contributed by atoms with van der Waals surface area (Å²) < 4.78 is 15.7. The quantitative estimate of drug-likeness (QED) is 0.510. The van der Waals surface area contributed by atoms with Crippen LogP contribution in [0.3, 0.4) is 0 Å². The topological polar surface area (TPSA) is 73.9 Å². The highest BCUT2D eigenvalue weighted by atomic mass is 16.5. The number of ether oxygens (including phenoxy) is 3. The Bertz CT molecular complexity index is 333. The van der Waals surface area contributed by atoms with Gasteiger partial charge in [0.2, 0.25) is 0 Å². The Morgan fingerprint density at radius 1 is 1.22 bits per heavy atom. The van der Waals surface area contributed by atoms with E-state index in [2.05, 4.69) is 0 Å². The molecule has 0 aromatic heterocycles. The molecule has 0 saturated carbocycles. The van der Waals surface area contributed by atoms with Gasteiger partial charge in [-0.05, 0) is 19.1 Å². The van der Waals surface area contributed by atoms with E-state index in [1.54, 1.807) is 24.3 Å². The maximum absolute atomic E-state index is 9.61. The second-order valence-electron chi connectivity index (χ2n) is 3.81. The lowest BCUT2D eigenvalue weighted by molar-refractivity contribution is -0.00928. The van der Waals surface area contributed by atoms with Gasteiger partial charge >= 0.3 is 0 Å². The van der Waals surface area contributed by atoms with Gasteiger partial charge in [0.05, 0.1) is 19.8 Å². The van der Waals surface area contributed by atoms with Gasteiger partial charge in [0.25, 0.3) is 0 Å². The van der Waals surface area contributed by atoms with Crippen LogP contribution in [0.25, 0.3) is 0 Å². The molecule has 1 aromatic carbocycles. The minimum atomic E-state index is -0.659. The molecule has 102 valence electrons. The summed E-state index contributed by atoms with van der Waals surface area (Å²) in [5.41, 5.74) is 6.24. The van der Waals surface area contributed by atoms with E-state index in [4.69, 9.17) is 19.9 Å². The molecule has 0 aliphatic rings. The van der Waals surface area contributed by atoms with Crippen molar-refractivity contribution >= 4 is 5.69 Å². The van der Waals surface area contributed by atoms with Crippen LogP contribution >= 0.6 is 0 Å². The van der Waals surface area contributed by atoms with Gasteiger partial charge in [-0.3, -0.25) is 0 Å². The van der Waals surface area contributed by atoms with Crippen LogP contribution in [0.15, 0.2) is 24.3 Å². The van der Waals surface area contributed by atoms with Gasteiger partial charge in [-0.1, -0.05) is 6.07 Å². The van der Waals surface area contributed by atoms with Crippen LogP contribution in [-0.2, 0) is 9.47 Å². The van der Waals surface area contributed by atoms with E-state index in [1.165, 1.54) is 0 Å². The van der Waals surface area contributed by atoms with E-state index in [0.717, 1.165) is 0 Å². The fourth-order valence-corrected chi connectivity index (χ4v) is 1.33. The lowest BCUT2D eigenvalue weighted by atomic mass is 10.3. The van der Waals surface area contributed by atoms with E-state index in [9.17, 15) is 5.11 Å². The molecular weight excluding hydrogens is 234 g/mol. The third-order valence-electron chi connectivity index (χ3n) is 2.19. The second-order valence-corrected chi connectivity index (χ2v) is 3.81. The molecule has 0 heterocycles. The van der Waals surface area contributed by atoms with Crippen molar-refractivity contribution in [2.24, 2.45) is 0 Å². The Kier molecular flexibility index (Phi) is 7.17. The first-order valence-corrected chi connectivity index (χ1v) is 6.04. The summed E-state index contributed by atoms with van der Waals surface area (Å²) in [4.78, 5) is 0. The average Bonchev–Trinajstić information content (AvgIpc) is 2.36. The van der Waals surface area contributed by atoms with Gasteiger partial charge in [-0.25, -0.2) is 0 Å². The highest BCUT2D eigenvalue weighted by Gasteiger charge is 2.05. The monoisotopic (exact) mass is 255 g/mol. The number of rotatable bonds is 9. The summed E-state index contributed by atoms with van der Waals surface area (Å²) in [6, 6.07) is 7.08. The van der Waals surface area contributed by atoms with Crippen molar-refractivity contribution in [2.45, 2.75) is 13.0 Å². The average molecular weight is 255 g/mol. The van der Waals surface area contributed by atoms with Gasteiger partial charge in [-0.2, -0.15) is 0 Å². The fourth-order valence-electron chi connectivity index (χ4n) is 1.33. The number of hydrogen-bond acceptors (Lipinski definition) is 5. The highest BCUT2D eigenvalue weighted by molar-refractivity contribution is 5.43. The maximum atomic E-state index is 9.61. The lowest BCUT2D eigenvalue weighted by Gasteiger charge is -2.13. The largest absolute Gasteiger partial charge is 0.491 e. The molecule has 0 fully saturated rings. The summed E-state index contributed by atoms with van der Waals surface area (Å²) in [5, 5.41) is 9.61. The smallest absolute Gasteiger partial charge is 0.121 e. The van der Waals surface area contributed by atoms with E-state index in [0.29, 0.717) is 31.3 Å². The Hall–Kier alpha value is -1.30. The molecule has 1 atom stereocenters. The molecule has 0 radical (unpaired) electrons. The summed E-state index contributed by atoms with van der Waals surface area (Å²) in [6.07, 6.45) is -0.659. The van der Waals surface area contributed by atoms with Crippen molar-refractivity contribution < 1.29 is 19.3 Å². The molecule has 5 nitrogen and oxygen atoms in total. The Labute approximate surface area is 107 Å². The number of hydrogen-bond donors (Lipinski definition) is 2. The first kappa shape index (κ1) is 14.8. The van der Waals surface area contributed by atoms with Crippen molar-refractivity contribution in [3.8, 4) is 5.75 Å². The Morgan fingerprint density at radius 2 is 2.00 bits per heavy atom. The van der Waals surface area contributed by atoms with Gasteiger partial charge in [0, 0.05) is 18.4 Å². The summed E-state index contributed by atoms with van der Waals surface area (Å²) in [5.74, 6) is 0.642. The molecule has 0 bridgehead atoms. The van der Waals surface area contributed by atoms with Crippen LogP contribution in [0, 0.1) is 0 Å². The number of benzene rings is 1. The zero-order valence-electron chi connectivity index (χ0n) is 10.7. The lowest BCUT2D eigenvalue weighted by Crippen LogP contribution is -2.24. The molecule has 5 heteroatoms. The molecule has 18 heavy (non-hydrogen) atoms. The second kappa shape index (κ2) is 8.74. The SMILES string of the molecule is CCOCCOCC(O)COc1cccc(N)c1. The normalized spacial score (nSPS) is 12.3. The molecule has 0 aliphatic heterocycles. The molecule has 0 aliphatic carbocycles. The van der Waals surface area contributed by atoms with Gasteiger partial charge in [0.15, 0.2) is 0 Å². The summed E-state index contributed by atoms with van der Waals surface area (Å²) in [7, 11) is 0. The van der Waals surface area contributed by atoms with E-state index >= 15 is 0 Å². The summed E-state index contributed by atoms with van der Waals surface area (Å²) in [6.45, 7) is 4.02. The van der Waals surface area contributed by atoms with Crippen LogP contribution < -0.4 is 10.5 Å². The van der Waals surface area contributed by atoms with E-state index in [-0.39, 0.29) is 13.2 Å². The van der Waals surface area contributed by atoms with Crippen molar-refractivity contribution in [1.82, 2.24) is 0 Å². The van der Waals surface area contributed by atoms with Crippen molar-refractivity contribution in [2.75, 3.05) is 38.8 Å². The third kappa shape index (κ3) is 6.44. The third-order valence-corrected chi connectivity index (χ3v) is 2.19. The molecular formula is C13H21NO4. The van der Waals surface area contributed by atoms with E-state index in [1.807, 2.05) is 6.92 Å². The standard InChI is InChI=1S/C13H21NO4/c1-2-16-6-7-17-9-12(15)10-18-13-5-3-4-11(14)8-13/h3-5,8,12,15H,2,6-7,9-10,14H2,1H3. The molecule has 1 aromatic rings. The van der Waals surface area contributed by atoms with Crippen LogP contribution in [0.4, 0.5) is 5.69 Å². The predicted octanol–water partition coefficient (Wildman–Crippen LogP) is 1.06. The molecule has 1 unspecified atom stereocenters. The van der Waals surface area contributed by atoms with E-state index < -0.39 is 6.10 Å². The predicted molar refractivity (Wildman–Crippen MR) is 69.7 cm³/mol. The molecule has 0 amide bonds. The zero-order chi connectivity index (χ0) is 13.2. The zero-order valence-corrected chi connectivity index (χ0v) is 10.7. The molecule has 3 N–H and O–H groups in total. The fraction of sp³-hybridized carbons (Fsp3) is 0.538. The Morgan fingerprint density at radius 3 is 2.72 bits per heavy atom. The van der Waals surface area contributed by atoms with Crippen molar-refractivity contribution in [3.63, 3.8) is 0 Å². The summed E-state index contributed by atoms with van der Waals surface area (Å²) >= 11 is 0. The first-order chi connectivity index (χ1) is 8.72. The molecule has 0 spiro atoms. The maximum Gasteiger partial charge on any atom is 0.121 e. The molecule has 1 rings (SSSR count). The first-order valence-electron chi connectivity index (χ1n) is 6.04. The number of aliphatic hydroxyl groups is 1. The highest BCUT2D eigenvalue weighted by Crippen LogP contribution is 2.14. The minimum Gasteiger partial charge on any atom is -0.491 e. The van der Waals surface area contributed by atoms with Crippen molar-refractivity contribution in [3.05, 3.63) is 24.3 Å². The number of anilines is 1. The molecule has 0 saturated heterocycles. The Balaban J connectivity index is 2.11. The number of nitrogens with two attached hydrogens (primary N) is 1. The van der Waals surface area contributed by atoms with Gasteiger partial charge in [-0.15, -0.1) is 0 Å². The number of nitrogen functional groups attached to an aromatic ring is 1. The van der Waals surface area contributed by atoms with Gasteiger partial charge in [0.1, 0.15) is 18.5 Å². The van der Waals surface area contributed by atoms with Gasteiger partial charge < -0.3 is 25.1 Å².